The van der Waals surface area contributed by atoms with Crippen LogP contribution < -0.4 is 0 Å². The fourth-order valence-electron chi connectivity index (χ4n) is 2.38. The summed E-state index contributed by atoms with van der Waals surface area (Å²) in [6.45, 7) is 1.99. The highest BCUT2D eigenvalue weighted by Crippen LogP contribution is 2.39. The number of rotatable bonds is 3. The molecule has 0 spiro atoms. The number of ether oxygens (including phenoxy) is 1. The quantitative estimate of drug-likeness (QED) is 0.645. The van der Waals surface area contributed by atoms with Gasteiger partial charge in [0, 0.05) is 21.0 Å². The van der Waals surface area contributed by atoms with Crippen molar-refractivity contribution in [3.05, 3.63) is 44.9 Å². The van der Waals surface area contributed by atoms with Gasteiger partial charge in [-0.15, -0.1) is 11.3 Å². The molecule has 0 aliphatic carbocycles. The van der Waals surface area contributed by atoms with E-state index in [2.05, 4.69) is 11.1 Å². The summed E-state index contributed by atoms with van der Waals surface area (Å²) in [5.74, 6) is -0.481. The number of H-pyrrole nitrogens is 1. The van der Waals surface area contributed by atoms with Crippen LogP contribution >= 0.6 is 34.5 Å². The van der Waals surface area contributed by atoms with E-state index in [4.69, 9.17) is 27.9 Å². The Morgan fingerprint density at radius 2 is 2.04 bits per heavy atom. The number of hydrogen-bond acceptors (Lipinski definition) is 4. The topological polar surface area (TPSA) is 65.9 Å². The van der Waals surface area contributed by atoms with E-state index in [1.807, 2.05) is 0 Å². The van der Waals surface area contributed by atoms with E-state index >= 15 is 0 Å². The number of nitriles is 1. The SMILES string of the molecule is CCOC(=O)c1[nH]c2c(C#N)csc2c1-c1cc(Cl)cc(Cl)c1. The van der Waals surface area contributed by atoms with Crippen LogP contribution in [0.5, 0.6) is 0 Å². The summed E-state index contributed by atoms with van der Waals surface area (Å²) in [6.07, 6.45) is 0. The van der Waals surface area contributed by atoms with Crippen LogP contribution in [0.3, 0.4) is 0 Å². The molecule has 0 bridgehead atoms. The molecule has 0 unspecified atom stereocenters. The van der Waals surface area contributed by atoms with Crippen LogP contribution in [0, 0.1) is 11.3 Å². The molecule has 0 fully saturated rings. The first-order valence-corrected chi connectivity index (χ1v) is 8.35. The van der Waals surface area contributed by atoms with Gasteiger partial charge in [0.1, 0.15) is 11.8 Å². The van der Waals surface area contributed by atoms with Crippen LogP contribution in [0.25, 0.3) is 21.3 Å². The monoisotopic (exact) mass is 364 g/mol. The number of halogens is 2. The molecule has 3 aromatic rings. The molecular weight excluding hydrogens is 355 g/mol. The third-order valence-corrected chi connectivity index (χ3v) is 4.70. The molecule has 7 heteroatoms. The second-order valence-electron chi connectivity index (χ2n) is 4.72. The number of esters is 1. The molecule has 0 atom stereocenters. The number of aromatic nitrogens is 1. The standard InChI is InChI=1S/C16H10Cl2N2O2S/c1-2-22-16(21)14-12(8-3-10(17)5-11(18)4-8)15-13(20-14)9(6-19)7-23-15/h3-5,7,20H,2H2,1H3. The summed E-state index contributed by atoms with van der Waals surface area (Å²) in [6, 6.07) is 7.18. The molecule has 3 rings (SSSR count). The van der Waals surface area contributed by atoms with E-state index in [0.717, 1.165) is 4.70 Å². The lowest BCUT2D eigenvalue weighted by molar-refractivity contribution is 0.0521. The van der Waals surface area contributed by atoms with Crippen molar-refractivity contribution >= 4 is 50.7 Å². The van der Waals surface area contributed by atoms with Crippen molar-refractivity contribution in [2.45, 2.75) is 6.92 Å². The van der Waals surface area contributed by atoms with E-state index in [1.165, 1.54) is 11.3 Å². The van der Waals surface area contributed by atoms with Crippen molar-refractivity contribution in [2.75, 3.05) is 6.61 Å². The predicted octanol–water partition coefficient (Wildman–Crippen LogP) is 5.25. The number of carbonyl (C=O) groups is 1. The van der Waals surface area contributed by atoms with Crippen LogP contribution in [0.15, 0.2) is 23.6 Å². The lowest BCUT2D eigenvalue weighted by Gasteiger charge is -2.06. The van der Waals surface area contributed by atoms with Gasteiger partial charge in [-0.3, -0.25) is 0 Å². The number of fused-ring (bicyclic) bond motifs is 1. The highest BCUT2D eigenvalue weighted by molar-refractivity contribution is 7.18. The van der Waals surface area contributed by atoms with Gasteiger partial charge in [-0.05, 0) is 30.7 Å². The molecule has 0 aliphatic rings. The van der Waals surface area contributed by atoms with E-state index in [-0.39, 0.29) is 6.61 Å². The van der Waals surface area contributed by atoms with Gasteiger partial charge >= 0.3 is 5.97 Å². The zero-order valence-electron chi connectivity index (χ0n) is 11.9. The summed E-state index contributed by atoms with van der Waals surface area (Å²) >= 11 is 13.5. The maximum absolute atomic E-state index is 12.3. The number of nitrogens with one attached hydrogen (secondary N) is 1. The van der Waals surface area contributed by atoms with Crippen LogP contribution in [0.1, 0.15) is 23.0 Å². The van der Waals surface area contributed by atoms with Crippen molar-refractivity contribution in [3.8, 4) is 17.2 Å². The molecule has 0 saturated heterocycles. The normalized spacial score (nSPS) is 10.7. The summed E-state index contributed by atoms with van der Waals surface area (Å²) in [7, 11) is 0. The van der Waals surface area contributed by atoms with E-state index in [9.17, 15) is 10.1 Å². The third kappa shape index (κ3) is 2.81. The van der Waals surface area contributed by atoms with Crippen LogP contribution in [-0.4, -0.2) is 17.6 Å². The number of benzene rings is 1. The molecule has 0 radical (unpaired) electrons. The van der Waals surface area contributed by atoms with Gasteiger partial charge in [-0.2, -0.15) is 5.26 Å². The highest BCUT2D eigenvalue weighted by atomic mass is 35.5. The smallest absolute Gasteiger partial charge is 0.355 e. The van der Waals surface area contributed by atoms with Gasteiger partial charge in [-0.1, -0.05) is 23.2 Å². The number of carbonyl (C=O) groups excluding carboxylic acids is 1. The average Bonchev–Trinajstić information content (AvgIpc) is 3.04. The van der Waals surface area contributed by atoms with E-state index in [1.54, 1.807) is 30.5 Å². The summed E-state index contributed by atoms with van der Waals surface area (Å²) < 4.78 is 5.90. The molecule has 2 aromatic heterocycles. The summed E-state index contributed by atoms with van der Waals surface area (Å²) in [5, 5.41) is 11.9. The Labute approximate surface area is 146 Å². The summed E-state index contributed by atoms with van der Waals surface area (Å²) in [4.78, 5) is 15.3. The third-order valence-electron chi connectivity index (χ3n) is 3.27. The lowest BCUT2D eigenvalue weighted by atomic mass is 10.1. The minimum atomic E-state index is -0.481. The predicted molar refractivity (Wildman–Crippen MR) is 92.3 cm³/mol. The highest BCUT2D eigenvalue weighted by Gasteiger charge is 2.23. The van der Waals surface area contributed by atoms with Crippen molar-refractivity contribution in [2.24, 2.45) is 0 Å². The first kappa shape index (κ1) is 15.9. The minimum absolute atomic E-state index is 0.256. The van der Waals surface area contributed by atoms with Crippen molar-refractivity contribution in [3.63, 3.8) is 0 Å². The maximum Gasteiger partial charge on any atom is 0.355 e. The molecular formula is C16H10Cl2N2O2S. The van der Waals surface area contributed by atoms with Gasteiger partial charge in [0.25, 0.3) is 0 Å². The number of hydrogen-bond donors (Lipinski definition) is 1. The Kier molecular flexibility index (Phi) is 4.31. The second kappa shape index (κ2) is 6.25. The lowest BCUT2D eigenvalue weighted by Crippen LogP contribution is -2.06. The van der Waals surface area contributed by atoms with E-state index in [0.29, 0.717) is 37.9 Å². The van der Waals surface area contributed by atoms with Gasteiger partial charge in [0.05, 0.1) is 22.4 Å². The summed E-state index contributed by atoms with van der Waals surface area (Å²) in [5.41, 5.74) is 2.74. The molecule has 4 nitrogen and oxygen atoms in total. The Balaban J connectivity index is 2.32. The minimum Gasteiger partial charge on any atom is -0.461 e. The molecule has 0 amide bonds. The fourth-order valence-corrected chi connectivity index (χ4v) is 3.93. The number of aromatic amines is 1. The molecule has 1 aromatic carbocycles. The molecule has 23 heavy (non-hydrogen) atoms. The van der Waals surface area contributed by atoms with Crippen LogP contribution in [0.4, 0.5) is 0 Å². The maximum atomic E-state index is 12.3. The first-order valence-electron chi connectivity index (χ1n) is 6.72. The number of thiophene rings is 1. The largest absolute Gasteiger partial charge is 0.461 e. The Morgan fingerprint density at radius 3 is 2.65 bits per heavy atom. The van der Waals surface area contributed by atoms with Crippen LogP contribution in [-0.2, 0) is 4.74 Å². The first-order chi connectivity index (χ1) is 11.0. The van der Waals surface area contributed by atoms with Crippen molar-refractivity contribution in [1.29, 1.82) is 5.26 Å². The second-order valence-corrected chi connectivity index (χ2v) is 6.47. The Hall–Kier alpha value is -2.00. The fraction of sp³-hybridized carbons (Fsp3) is 0.125. The molecule has 1 N–H and O–H groups in total. The van der Waals surface area contributed by atoms with Gasteiger partial charge in [0.2, 0.25) is 0 Å². The molecule has 116 valence electrons. The van der Waals surface area contributed by atoms with Gasteiger partial charge < -0.3 is 9.72 Å². The molecule has 0 saturated carbocycles. The van der Waals surface area contributed by atoms with Crippen molar-refractivity contribution in [1.82, 2.24) is 4.98 Å². The average molecular weight is 365 g/mol. The number of nitrogens with zero attached hydrogens (tertiary/aromatic N) is 1. The zero-order chi connectivity index (χ0) is 16.6. The molecule has 0 aliphatic heterocycles. The van der Waals surface area contributed by atoms with Gasteiger partial charge in [-0.25, -0.2) is 4.79 Å². The van der Waals surface area contributed by atoms with Crippen molar-refractivity contribution < 1.29 is 9.53 Å². The van der Waals surface area contributed by atoms with Gasteiger partial charge in [0.15, 0.2) is 0 Å². The Bertz CT molecular complexity index is 933. The molecule has 2 heterocycles. The van der Waals surface area contributed by atoms with E-state index < -0.39 is 5.97 Å². The zero-order valence-corrected chi connectivity index (χ0v) is 14.3. The van der Waals surface area contributed by atoms with Crippen LogP contribution in [0.2, 0.25) is 10.0 Å². The Morgan fingerprint density at radius 1 is 1.35 bits per heavy atom.